The third-order valence-electron chi connectivity index (χ3n) is 2.55. The topological polar surface area (TPSA) is 88.2 Å². The molecule has 0 aliphatic carbocycles. The second-order valence-electron chi connectivity index (χ2n) is 4.02. The second-order valence-corrected chi connectivity index (χ2v) is 4.02. The van der Waals surface area contributed by atoms with Crippen LogP contribution in [0.3, 0.4) is 0 Å². The number of hydrogen-bond donors (Lipinski definition) is 3. The monoisotopic (exact) mass is 284 g/mol. The summed E-state index contributed by atoms with van der Waals surface area (Å²) < 4.78 is 37.7. The van der Waals surface area contributed by atoms with Crippen molar-refractivity contribution in [3.05, 3.63) is 35.4 Å². The van der Waals surface area contributed by atoms with E-state index in [2.05, 4.69) is 4.99 Å². The molecule has 0 bridgehead atoms. The van der Waals surface area contributed by atoms with Gasteiger partial charge in [-0.1, -0.05) is 6.92 Å². The normalized spacial score (nSPS) is 13.4. The predicted octanol–water partition coefficient (Wildman–Crippen LogP) is 3.15. The minimum absolute atomic E-state index is 0.187. The highest BCUT2D eigenvalue weighted by Crippen LogP contribution is 2.28. The largest absolute Gasteiger partial charge is 0.412 e. The summed E-state index contributed by atoms with van der Waals surface area (Å²) in [5.41, 5.74) is 11.5. The molecular weight excluding hydrogens is 269 g/mol. The van der Waals surface area contributed by atoms with Gasteiger partial charge in [-0.3, -0.25) is 0 Å². The quantitative estimate of drug-likeness (QED) is 0.450. The van der Waals surface area contributed by atoms with Gasteiger partial charge in [0.1, 0.15) is 5.84 Å². The molecule has 0 aromatic heterocycles. The van der Waals surface area contributed by atoms with Gasteiger partial charge >= 0.3 is 6.18 Å². The lowest BCUT2D eigenvalue weighted by molar-refractivity contribution is -0.0934. The summed E-state index contributed by atoms with van der Waals surface area (Å²) in [5, 5.41) is 7.14. The molecule has 0 saturated carbocycles. The molecule has 7 heteroatoms. The highest BCUT2D eigenvalue weighted by molar-refractivity contribution is 5.95. The Morgan fingerprint density at radius 3 is 2.55 bits per heavy atom. The number of hydrogen-bond acceptors (Lipinski definition) is 3. The van der Waals surface area contributed by atoms with Gasteiger partial charge in [-0.15, -0.1) is 0 Å². The first-order valence-electron chi connectivity index (χ1n) is 5.79. The maximum Gasteiger partial charge on any atom is 0.412 e. The molecule has 0 unspecified atom stereocenters. The van der Waals surface area contributed by atoms with Crippen LogP contribution in [0.25, 0.3) is 0 Å². The molecule has 0 atom stereocenters. The van der Waals surface area contributed by atoms with Crippen molar-refractivity contribution >= 4 is 23.4 Å². The van der Waals surface area contributed by atoms with Crippen molar-refractivity contribution in [2.75, 3.05) is 5.73 Å². The van der Waals surface area contributed by atoms with Crippen LogP contribution in [0.1, 0.15) is 18.9 Å². The minimum atomic E-state index is -4.42. The van der Waals surface area contributed by atoms with E-state index in [1.165, 1.54) is 25.1 Å². The van der Waals surface area contributed by atoms with Gasteiger partial charge in [-0.05, 0) is 30.7 Å². The summed E-state index contributed by atoms with van der Waals surface area (Å²) in [7, 11) is 0. The molecule has 0 radical (unpaired) electrons. The summed E-state index contributed by atoms with van der Waals surface area (Å²) in [6, 6.07) is 4.51. The summed E-state index contributed by atoms with van der Waals surface area (Å²) in [5.74, 6) is -0.250. The Balaban J connectivity index is 3.11. The second kappa shape index (κ2) is 6.23. The third-order valence-corrected chi connectivity index (χ3v) is 2.55. The molecule has 108 valence electrons. The third kappa shape index (κ3) is 4.11. The van der Waals surface area contributed by atoms with Crippen LogP contribution < -0.4 is 11.5 Å². The zero-order valence-corrected chi connectivity index (χ0v) is 10.8. The minimum Gasteiger partial charge on any atom is -0.398 e. The Bertz CT molecular complexity index is 559. The van der Waals surface area contributed by atoms with Crippen LogP contribution in [0.4, 0.5) is 24.5 Å². The van der Waals surface area contributed by atoms with E-state index in [1.54, 1.807) is 0 Å². The number of allylic oxidation sites excluding steroid dienone is 1. The first-order chi connectivity index (χ1) is 9.27. The van der Waals surface area contributed by atoms with Gasteiger partial charge in [-0.2, -0.15) is 13.2 Å². The summed E-state index contributed by atoms with van der Waals surface area (Å²) in [6.07, 6.45) is -2.77. The first kappa shape index (κ1) is 15.7. The molecule has 1 aromatic carbocycles. The standard InChI is InChI=1S/C13H15F3N4/c1-2-9(13(14,15)16)6-12(19)20-10-3-4-11(18)8(5-10)7-17/h3-7,17H,2,18H2,1H3,(H2,19,20)/b9-6+,17-7?. The smallest absolute Gasteiger partial charge is 0.398 e. The fraction of sp³-hybridized carbons (Fsp3) is 0.231. The molecule has 0 saturated heterocycles. The van der Waals surface area contributed by atoms with Crippen molar-refractivity contribution in [2.45, 2.75) is 19.5 Å². The number of rotatable bonds is 4. The lowest BCUT2D eigenvalue weighted by atomic mass is 10.1. The van der Waals surface area contributed by atoms with E-state index in [4.69, 9.17) is 16.9 Å². The van der Waals surface area contributed by atoms with Crippen LogP contribution in [0.15, 0.2) is 34.8 Å². The molecule has 5 N–H and O–H groups in total. The molecule has 1 aromatic rings. The Hall–Kier alpha value is -2.31. The number of nitrogen functional groups attached to an aromatic ring is 1. The van der Waals surface area contributed by atoms with Gasteiger partial charge in [0.15, 0.2) is 0 Å². The predicted molar refractivity (Wildman–Crippen MR) is 74.5 cm³/mol. The molecular formula is C13H15F3N4. The SMILES string of the molecule is CC/C(=C\C(N)=Nc1ccc(N)c(C=N)c1)C(F)(F)F. The van der Waals surface area contributed by atoms with Crippen LogP contribution >= 0.6 is 0 Å². The molecule has 0 aliphatic heterocycles. The van der Waals surface area contributed by atoms with Crippen molar-refractivity contribution in [3.8, 4) is 0 Å². The molecule has 20 heavy (non-hydrogen) atoms. The van der Waals surface area contributed by atoms with Gasteiger partial charge in [0.2, 0.25) is 0 Å². The number of amidine groups is 1. The van der Waals surface area contributed by atoms with Crippen molar-refractivity contribution in [1.29, 1.82) is 5.41 Å². The van der Waals surface area contributed by atoms with Crippen molar-refractivity contribution in [1.82, 2.24) is 0 Å². The lowest BCUT2D eigenvalue weighted by Crippen LogP contribution is -2.16. The fourth-order valence-corrected chi connectivity index (χ4v) is 1.50. The number of nitrogens with one attached hydrogen (secondary N) is 1. The van der Waals surface area contributed by atoms with Crippen LogP contribution in [-0.4, -0.2) is 18.2 Å². The number of nitrogens with two attached hydrogens (primary N) is 2. The van der Waals surface area contributed by atoms with Crippen LogP contribution in [-0.2, 0) is 0 Å². The van der Waals surface area contributed by atoms with Gasteiger partial charge in [0.25, 0.3) is 0 Å². The van der Waals surface area contributed by atoms with E-state index < -0.39 is 11.7 Å². The van der Waals surface area contributed by atoms with Gasteiger partial charge in [-0.25, -0.2) is 4.99 Å². The molecule has 0 amide bonds. The van der Waals surface area contributed by atoms with Crippen LogP contribution in [0, 0.1) is 5.41 Å². The van der Waals surface area contributed by atoms with E-state index in [0.29, 0.717) is 16.9 Å². The van der Waals surface area contributed by atoms with Crippen molar-refractivity contribution in [2.24, 2.45) is 10.7 Å². The Morgan fingerprint density at radius 2 is 2.05 bits per heavy atom. The maximum atomic E-state index is 12.6. The molecule has 0 fully saturated rings. The Labute approximate surface area is 114 Å². The van der Waals surface area contributed by atoms with Crippen molar-refractivity contribution in [3.63, 3.8) is 0 Å². The molecule has 0 spiro atoms. The highest BCUT2D eigenvalue weighted by atomic mass is 19.4. The van der Waals surface area contributed by atoms with E-state index in [9.17, 15) is 13.2 Å². The average Bonchev–Trinajstić information content (AvgIpc) is 2.36. The van der Waals surface area contributed by atoms with Crippen LogP contribution in [0.5, 0.6) is 0 Å². The highest BCUT2D eigenvalue weighted by Gasteiger charge is 2.32. The maximum absolute atomic E-state index is 12.6. The first-order valence-corrected chi connectivity index (χ1v) is 5.79. The fourth-order valence-electron chi connectivity index (χ4n) is 1.50. The van der Waals surface area contributed by atoms with E-state index in [1.807, 2.05) is 0 Å². The van der Waals surface area contributed by atoms with Gasteiger partial charge in [0.05, 0.1) is 5.69 Å². The number of benzene rings is 1. The molecule has 0 heterocycles. The summed E-state index contributed by atoms with van der Waals surface area (Å²) in [4.78, 5) is 3.87. The van der Waals surface area contributed by atoms with Gasteiger partial charge < -0.3 is 16.9 Å². The lowest BCUT2D eigenvalue weighted by Gasteiger charge is -2.09. The number of alkyl halides is 3. The summed E-state index contributed by atoms with van der Waals surface area (Å²) in [6.45, 7) is 1.39. The molecule has 4 nitrogen and oxygen atoms in total. The zero-order chi connectivity index (χ0) is 15.3. The van der Waals surface area contributed by atoms with E-state index in [0.717, 1.165) is 12.3 Å². The zero-order valence-electron chi connectivity index (χ0n) is 10.8. The van der Waals surface area contributed by atoms with E-state index in [-0.39, 0.29) is 12.3 Å². The van der Waals surface area contributed by atoms with E-state index >= 15 is 0 Å². The number of halogens is 3. The number of nitrogens with zero attached hydrogens (tertiary/aromatic N) is 1. The molecule has 1 rings (SSSR count). The summed E-state index contributed by atoms with van der Waals surface area (Å²) >= 11 is 0. The van der Waals surface area contributed by atoms with Crippen molar-refractivity contribution < 1.29 is 13.2 Å². The van der Waals surface area contributed by atoms with Gasteiger partial charge in [0, 0.05) is 23.0 Å². The Kier molecular flexibility index (Phi) is 4.90. The molecule has 0 aliphatic rings. The number of anilines is 1. The number of aliphatic imine (C=N–C) groups is 1. The Morgan fingerprint density at radius 1 is 1.40 bits per heavy atom. The van der Waals surface area contributed by atoms with Crippen LogP contribution in [0.2, 0.25) is 0 Å². The average molecular weight is 284 g/mol.